The van der Waals surface area contributed by atoms with E-state index < -0.39 is 0 Å². The number of phenols is 1. The van der Waals surface area contributed by atoms with Crippen molar-refractivity contribution in [2.24, 2.45) is 0 Å². The van der Waals surface area contributed by atoms with Gasteiger partial charge >= 0.3 is 0 Å². The van der Waals surface area contributed by atoms with Crippen LogP contribution in [0.15, 0.2) is 24.3 Å². The second kappa shape index (κ2) is 5.89. The Morgan fingerprint density at radius 1 is 1.32 bits per heavy atom. The van der Waals surface area contributed by atoms with Crippen LogP contribution in [0.5, 0.6) is 5.75 Å². The number of phenolic OH excluding ortho intramolecular Hbond substituents is 1. The van der Waals surface area contributed by atoms with Gasteiger partial charge in [0.1, 0.15) is 5.75 Å². The summed E-state index contributed by atoms with van der Waals surface area (Å²) in [5.74, 6) is 0.326. The number of hydrogen-bond donors (Lipinski definition) is 2. The first-order chi connectivity index (χ1) is 9.06. The van der Waals surface area contributed by atoms with Crippen molar-refractivity contribution in [1.29, 1.82) is 0 Å². The molecule has 0 fully saturated rings. The highest BCUT2D eigenvalue weighted by atomic mass is 16.3. The van der Waals surface area contributed by atoms with Crippen LogP contribution in [-0.2, 0) is 13.0 Å². The van der Waals surface area contributed by atoms with Crippen LogP contribution in [0.2, 0.25) is 0 Å². The monoisotopic (exact) mass is 259 g/mol. The zero-order valence-electron chi connectivity index (χ0n) is 11.8. The smallest absolute Gasteiger partial charge is 0.115 e. The molecule has 0 aliphatic carbocycles. The van der Waals surface area contributed by atoms with Crippen LogP contribution in [0.1, 0.15) is 22.5 Å². The molecule has 102 valence electrons. The summed E-state index contributed by atoms with van der Waals surface area (Å²) in [6.07, 6.45) is 0.990. The summed E-state index contributed by atoms with van der Waals surface area (Å²) in [6.45, 7) is 5.90. The van der Waals surface area contributed by atoms with E-state index in [-0.39, 0.29) is 0 Å². The van der Waals surface area contributed by atoms with Gasteiger partial charge in [-0.2, -0.15) is 5.10 Å². The van der Waals surface area contributed by atoms with E-state index in [4.69, 9.17) is 0 Å². The summed E-state index contributed by atoms with van der Waals surface area (Å²) in [7, 11) is 2.09. The maximum atomic E-state index is 9.45. The van der Waals surface area contributed by atoms with Crippen LogP contribution < -0.4 is 0 Å². The molecular weight excluding hydrogens is 238 g/mol. The van der Waals surface area contributed by atoms with Gasteiger partial charge in [0.2, 0.25) is 0 Å². The molecule has 0 radical (unpaired) electrons. The minimum atomic E-state index is 0.326. The summed E-state index contributed by atoms with van der Waals surface area (Å²) in [4.78, 5) is 2.25. The van der Waals surface area contributed by atoms with Crippen molar-refractivity contribution in [3.05, 3.63) is 46.8 Å². The van der Waals surface area contributed by atoms with Crippen molar-refractivity contribution in [3.63, 3.8) is 0 Å². The summed E-state index contributed by atoms with van der Waals surface area (Å²) >= 11 is 0. The number of benzene rings is 1. The lowest BCUT2D eigenvalue weighted by molar-refractivity contribution is 0.330. The highest BCUT2D eigenvalue weighted by molar-refractivity contribution is 5.27. The second-order valence-corrected chi connectivity index (χ2v) is 5.07. The highest BCUT2D eigenvalue weighted by Gasteiger charge is 2.08. The summed E-state index contributed by atoms with van der Waals surface area (Å²) in [5.41, 5.74) is 4.68. The van der Waals surface area contributed by atoms with Gasteiger partial charge in [0.15, 0.2) is 0 Å². The zero-order valence-corrected chi connectivity index (χ0v) is 11.8. The molecule has 2 rings (SSSR count). The van der Waals surface area contributed by atoms with E-state index in [1.807, 2.05) is 25.1 Å². The van der Waals surface area contributed by atoms with Crippen molar-refractivity contribution in [3.8, 4) is 5.75 Å². The highest BCUT2D eigenvalue weighted by Crippen LogP contribution is 2.14. The van der Waals surface area contributed by atoms with Gasteiger partial charge in [-0.25, -0.2) is 0 Å². The van der Waals surface area contributed by atoms with E-state index in [1.54, 1.807) is 6.07 Å². The number of aromatic nitrogens is 2. The van der Waals surface area contributed by atoms with Crippen molar-refractivity contribution in [1.82, 2.24) is 15.1 Å². The van der Waals surface area contributed by atoms with E-state index in [0.29, 0.717) is 5.75 Å². The summed E-state index contributed by atoms with van der Waals surface area (Å²) in [5, 5.41) is 16.7. The Balaban J connectivity index is 1.90. The van der Waals surface area contributed by atoms with Gasteiger partial charge in [-0.1, -0.05) is 12.1 Å². The number of nitrogens with one attached hydrogen (secondary N) is 1. The molecule has 0 aliphatic heterocycles. The molecule has 1 heterocycles. The third-order valence-corrected chi connectivity index (χ3v) is 3.39. The Morgan fingerprint density at radius 3 is 2.74 bits per heavy atom. The van der Waals surface area contributed by atoms with Crippen molar-refractivity contribution in [2.75, 3.05) is 13.6 Å². The minimum Gasteiger partial charge on any atom is -0.508 e. The van der Waals surface area contributed by atoms with Gasteiger partial charge in [-0.15, -0.1) is 0 Å². The number of aromatic hydroxyl groups is 1. The first kappa shape index (κ1) is 13.6. The predicted molar refractivity (Wildman–Crippen MR) is 76.2 cm³/mol. The predicted octanol–water partition coefficient (Wildman–Crippen LogP) is 2.41. The lowest BCUT2D eigenvalue weighted by Crippen LogP contribution is -2.21. The van der Waals surface area contributed by atoms with Crippen LogP contribution >= 0.6 is 0 Å². The van der Waals surface area contributed by atoms with E-state index in [2.05, 4.69) is 29.1 Å². The molecule has 4 heteroatoms. The lowest BCUT2D eigenvalue weighted by Gasteiger charge is -2.16. The molecule has 0 spiro atoms. The number of aromatic amines is 1. The molecule has 0 bridgehead atoms. The average molecular weight is 259 g/mol. The third kappa shape index (κ3) is 3.58. The standard InChI is InChI=1S/C15H21N3O/c1-11-15(12(2)17-16-11)7-8-18(3)10-13-5-4-6-14(19)9-13/h4-6,9,19H,7-8,10H2,1-3H3,(H,16,17). The molecule has 0 aliphatic rings. The Bertz CT molecular complexity index is 529. The maximum Gasteiger partial charge on any atom is 0.115 e. The van der Waals surface area contributed by atoms with E-state index >= 15 is 0 Å². The Hall–Kier alpha value is -1.81. The quantitative estimate of drug-likeness (QED) is 0.867. The third-order valence-electron chi connectivity index (χ3n) is 3.39. The molecule has 1 aromatic heterocycles. The van der Waals surface area contributed by atoms with Crippen LogP contribution in [0.4, 0.5) is 0 Å². The molecule has 0 amide bonds. The van der Waals surface area contributed by atoms with Gasteiger partial charge in [0, 0.05) is 18.8 Å². The zero-order chi connectivity index (χ0) is 13.8. The maximum absolute atomic E-state index is 9.45. The Morgan fingerprint density at radius 2 is 2.11 bits per heavy atom. The molecular formula is C15H21N3O. The van der Waals surface area contributed by atoms with Crippen LogP contribution in [-0.4, -0.2) is 33.8 Å². The Kier molecular flexibility index (Phi) is 4.22. The molecule has 0 unspecified atom stereocenters. The summed E-state index contributed by atoms with van der Waals surface area (Å²) in [6, 6.07) is 7.42. The van der Waals surface area contributed by atoms with Gasteiger partial charge in [-0.05, 0) is 50.6 Å². The fraction of sp³-hybridized carbons (Fsp3) is 0.400. The van der Waals surface area contributed by atoms with E-state index in [9.17, 15) is 5.11 Å². The fourth-order valence-corrected chi connectivity index (χ4v) is 2.29. The number of hydrogen-bond acceptors (Lipinski definition) is 3. The molecule has 0 atom stereocenters. The number of rotatable bonds is 5. The van der Waals surface area contributed by atoms with Crippen LogP contribution in [0.3, 0.4) is 0 Å². The summed E-state index contributed by atoms with van der Waals surface area (Å²) < 4.78 is 0. The van der Waals surface area contributed by atoms with Gasteiger partial charge in [-0.3, -0.25) is 5.10 Å². The van der Waals surface area contributed by atoms with Crippen molar-refractivity contribution in [2.45, 2.75) is 26.8 Å². The fourth-order valence-electron chi connectivity index (χ4n) is 2.29. The average Bonchev–Trinajstić information content (AvgIpc) is 2.67. The van der Waals surface area contributed by atoms with Crippen molar-refractivity contribution < 1.29 is 5.11 Å². The molecule has 1 aromatic carbocycles. The van der Waals surface area contributed by atoms with Gasteiger partial charge in [0.25, 0.3) is 0 Å². The molecule has 19 heavy (non-hydrogen) atoms. The van der Waals surface area contributed by atoms with E-state index in [1.165, 1.54) is 5.56 Å². The first-order valence-electron chi connectivity index (χ1n) is 6.53. The number of H-pyrrole nitrogens is 1. The topological polar surface area (TPSA) is 52.2 Å². The SMILES string of the molecule is Cc1n[nH]c(C)c1CCN(C)Cc1cccc(O)c1. The minimum absolute atomic E-state index is 0.326. The van der Waals surface area contributed by atoms with E-state index in [0.717, 1.165) is 36.5 Å². The molecule has 2 N–H and O–H groups in total. The normalized spacial score (nSPS) is 11.2. The van der Waals surface area contributed by atoms with Crippen LogP contribution in [0, 0.1) is 13.8 Å². The lowest BCUT2D eigenvalue weighted by atomic mass is 10.1. The largest absolute Gasteiger partial charge is 0.508 e. The van der Waals surface area contributed by atoms with Gasteiger partial charge < -0.3 is 10.0 Å². The Labute approximate surface area is 114 Å². The number of nitrogens with zero attached hydrogens (tertiary/aromatic N) is 2. The number of aryl methyl sites for hydroxylation is 2. The van der Waals surface area contributed by atoms with Gasteiger partial charge in [0.05, 0.1) is 5.69 Å². The molecule has 2 aromatic rings. The van der Waals surface area contributed by atoms with Crippen molar-refractivity contribution >= 4 is 0 Å². The first-order valence-corrected chi connectivity index (χ1v) is 6.53. The number of likely N-dealkylation sites (N-methyl/N-ethyl adjacent to an activating group) is 1. The van der Waals surface area contributed by atoms with Crippen LogP contribution in [0.25, 0.3) is 0 Å². The molecule has 4 nitrogen and oxygen atoms in total. The molecule has 0 saturated heterocycles. The second-order valence-electron chi connectivity index (χ2n) is 5.07. The molecule has 0 saturated carbocycles.